The molecule has 16 heteroatoms. The number of benzene rings is 1. The van der Waals surface area contributed by atoms with Gasteiger partial charge in [-0.25, -0.2) is 9.59 Å². The van der Waals surface area contributed by atoms with Crippen LogP contribution in [0.1, 0.15) is 68.4 Å². The van der Waals surface area contributed by atoms with E-state index >= 15 is 0 Å². The molecule has 1 aromatic carbocycles. The van der Waals surface area contributed by atoms with Gasteiger partial charge in [0.25, 0.3) is 5.91 Å². The number of aromatic hydroxyl groups is 1. The Morgan fingerprint density at radius 1 is 1.16 bits per heavy atom. The minimum absolute atomic E-state index is 0.0436. The lowest BCUT2D eigenvalue weighted by atomic mass is 9.79. The minimum Gasteiger partial charge on any atom is -0.507 e. The Balaban J connectivity index is 1.49. The van der Waals surface area contributed by atoms with E-state index in [2.05, 4.69) is 16.0 Å². The number of carbonyl (C=O) groups is 4. The van der Waals surface area contributed by atoms with Gasteiger partial charge in [-0.2, -0.15) is 0 Å². The highest BCUT2D eigenvalue weighted by molar-refractivity contribution is 5.94. The van der Waals surface area contributed by atoms with E-state index in [-0.39, 0.29) is 37.5 Å². The number of aryl methyl sites for hydroxylation is 2. The van der Waals surface area contributed by atoms with E-state index in [0.717, 1.165) is 0 Å². The molecule has 0 bridgehead atoms. The van der Waals surface area contributed by atoms with Crippen LogP contribution in [0.15, 0.2) is 12.1 Å². The first-order valence-electron chi connectivity index (χ1n) is 16.4. The van der Waals surface area contributed by atoms with Crippen molar-refractivity contribution in [1.29, 1.82) is 0 Å². The summed E-state index contributed by atoms with van der Waals surface area (Å²) in [5, 5.41) is 62.5. The molecule has 274 valence electrons. The SMILES string of the molecule is CC(=O)N[C@H]1[C@H]([C@H](O)[C@H](O)CNC(=O)c2cc(C)c(O)c(C)c2)O[C@@](C[C@@H]2COC[C@@]3(CCN(C(=O)OC(C)(C)C)C3)N2)(C(=O)O)C[C@@H]1O. The Morgan fingerprint density at radius 3 is 2.41 bits per heavy atom. The number of phenols is 1. The monoisotopic (exact) mass is 694 g/mol. The number of carboxylic acid groups (broad SMARTS) is 1. The second-order valence-corrected chi connectivity index (χ2v) is 14.6. The van der Waals surface area contributed by atoms with Gasteiger partial charge >= 0.3 is 12.1 Å². The Morgan fingerprint density at radius 2 is 1.82 bits per heavy atom. The molecule has 49 heavy (non-hydrogen) atoms. The van der Waals surface area contributed by atoms with Crippen LogP contribution in [0, 0.1) is 13.8 Å². The summed E-state index contributed by atoms with van der Waals surface area (Å²) in [6.07, 6.45) is -7.34. The largest absolute Gasteiger partial charge is 0.507 e. The summed E-state index contributed by atoms with van der Waals surface area (Å²) in [5.74, 6) is -2.58. The molecule has 3 saturated heterocycles. The molecule has 3 aliphatic heterocycles. The summed E-state index contributed by atoms with van der Waals surface area (Å²) in [6, 6.07) is 1.00. The Kier molecular flexibility index (Phi) is 11.5. The Labute approximate surface area is 285 Å². The zero-order valence-corrected chi connectivity index (χ0v) is 28.8. The lowest BCUT2D eigenvalue weighted by Gasteiger charge is -2.49. The number of carboxylic acids is 1. The quantitative estimate of drug-likeness (QED) is 0.166. The lowest BCUT2D eigenvalue weighted by molar-refractivity contribution is -0.232. The van der Waals surface area contributed by atoms with Crippen LogP contribution in [-0.2, 0) is 23.8 Å². The molecule has 3 aliphatic rings. The zero-order chi connectivity index (χ0) is 36.5. The molecular formula is C33H50N4O12. The van der Waals surface area contributed by atoms with Gasteiger partial charge < -0.3 is 60.6 Å². The molecule has 0 radical (unpaired) electrons. The Bertz CT molecular complexity index is 1400. The third-order valence-electron chi connectivity index (χ3n) is 9.17. The van der Waals surface area contributed by atoms with Gasteiger partial charge in [-0.15, -0.1) is 0 Å². The van der Waals surface area contributed by atoms with E-state index < -0.39 is 90.1 Å². The molecule has 3 heterocycles. The molecule has 0 aliphatic carbocycles. The minimum atomic E-state index is -2.09. The molecule has 3 fully saturated rings. The molecule has 3 amide bonds. The third kappa shape index (κ3) is 8.98. The van der Waals surface area contributed by atoms with Crippen molar-refractivity contribution in [2.24, 2.45) is 0 Å². The number of phenolic OH excluding ortho intramolecular Hbond substituents is 1. The fourth-order valence-electron chi connectivity index (χ4n) is 6.85. The highest BCUT2D eigenvalue weighted by Crippen LogP contribution is 2.37. The van der Waals surface area contributed by atoms with Crippen LogP contribution in [0.4, 0.5) is 4.79 Å². The number of amides is 3. The van der Waals surface area contributed by atoms with Gasteiger partial charge in [0.15, 0.2) is 5.60 Å². The van der Waals surface area contributed by atoms with Gasteiger partial charge in [-0.3, -0.25) is 9.59 Å². The first kappa shape index (κ1) is 38.3. The number of morpholine rings is 1. The predicted molar refractivity (Wildman–Crippen MR) is 173 cm³/mol. The summed E-state index contributed by atoms with van der Waals surface area (Å²) in [4.78, 5) is 52.1. The van der Waals surface area contributed by atoms with Crippen molar-refractivity contribution in [2.75, 3.05) is 32.8 Å². The van der Waals surface area contributed by atoms with Crippen molar-refractivity contribution < 1.29 is 58.9 Å². The van der Waals surface area contributed by atoms with Crippen LogP contribution < -0.4 is 16.0 Å². The predicted octanol–water partition coefficient (Wildman–Crippen LogP) is -0.303. The smallest absolute Gasteiger partial charge is 0.410 e. The van der Waals surface area contributed by atoms with Crippen molar-refractivity contribution in [3.05, 3.63) is 28.8 Å². The maximum absolute atomic E-state index is 12.9. The van der Waals surface area contributed by atoms with E-state index in [4.69, 9.17) is 14.2 Å². The van der Waals surface area contributed by atoms with E-state index in [1.807, 2.05) is 0 Å². The summed E-state index contributed by atoms with van der Waals surface area (Å²) < 4.78 is 17.5. The number of likely N-dealkylation sites (tertiary alicyclic amines) is 1. The second-order valence-electron chi connectivity index (χ2n) is 14.6. The number of carbonyl (C=O) groups excluding carboxylic acids is 3. The van der Waals surface area contributed by atoms with Crippen molar-refractivity contribution in [1.82, 2.24) is 20.9 Å². The molecule has 16 nitrogen and oxygen atoms in total. The maximum atomic E-state index is 12.9. The van der Waals surface area contributed by atoms with E-state index in [1.165, 1.54) is 19.1 Å². The Hall–Kier alpha value is -3.54. The number of nitrogens with one attached hydrogen (secondary N) is 3. The van der Waals surface area contributed by atoms with E-state index in [9.17, 15) is 44.7 Å². The average Bonchev–Trinajstić information content (AvgIpc) is 3.40. The van der Waals surface area contributed by atoms with Gasteiger partial charge in [0, 0.05) is 51.0 Å². The van der Waals surface area contributed by atoms with Crippen molar-refractivity contribution in [2.45, 2.75) is 114 Å². The molecule has 1 spiro atoms. The topological polar surface area (TPSA) is 236 Å². The average molecular weight is 695 g/mol. The van der Waals surface area contributed by atoms with Gasteiger partial charge in [0.1, 0.15) is 23.6 Å². The summed E-state index contributed by atoms with van der Waals surface area (Å²) >= 11 is 0. The fourth-order valence-corrected chi connectivity index (χ4v) is 6.85. The lowest BCUT2D eigenvalue weighted by Crippen LogP contribution is -2.69. The van der Waals surface area contributed by atoms with Crippen LogP contribution in [-0.4, -0.2) is 140 Å². The van der Waals surface area contributed by atoms with Crippen LogP contribution in [0.5, 0.6) is 5.75 Å². The molecular weight excluding hydrogens is 644 g/mol. The van der Waals surface area contributed by atoms with E-state index in [1.54, 1.807) is 39.5 Å². The first-order valence-corrected chi connectivity index (χ1v) is 16.4. The first-order chi connectivity index (χ1) is 22.7. The summed E-state index contributed by atoms with van der Waals surface area (Å²) in [6.45, 7) is 10.3. The number of ether oxygens (including phenoxy) is 3. The maximum Gasteiger partial charge on any atom is 0.410 e. The molecule has 4 rings (SSSR count). The third-order valence-corrected chi connectivity index (χ3v) is 9.17. The van der Waals surface area contributed by atoms with Crippen molar-refractivity contribution in [3.63, 3.8) is 0 Å². The standard InChI is InChI=1S/C33H50N4O12/c1-17-9-20(10-18(2)25(17)41)28(43)34-13-23(40)26(42)27-24(35-19(3)38)22(39)12-33(48-27,29(44)45)11-21-14-47-16-32(36-21)7-8-37(15-32)30(46)49-31(4,5)6/h9-10,21-24,26-27,36,39-42H,7-8,11-16H2,1-6H3,(H,34,43)(H,35,38)(H,44,45)/t21-,22+,23-,24-,26-,27-,32+,33-/m1/s1. The van der Waals surface area contributed by atoms with Gasteiger partial charge in [0.05, 0.1) is 37.0 Å². The number of aliphatic carboxylic acids is 1. The molecule has 8 atom stereocenters. The van der Waals surface area contributed by atoms with E-state index in [0.29, 0.717) is 24.1 Å². The van der Waals surface area contributed by atoms with Gasteiger partial charge in [-0.05, 0) is 64.3 Å². The van der Waals surface area contributed by atoms with Crippen LogP contribution in [0.25, 0.3) is 0 Å². The summed E-state index contributed by atoms with van der Waals surface area (Å²) in [5.41, 5.74) is -2.32. The normalized spacial score (nSPS) is 30.0. The number of hydrogen-bond acceptors (Lipinski definition) is 12. The van der Waals surface area contributed by atoms with Crippen LogP contribution in [0.3, 0.4) is 0 Å². The second kappa shape index (κ2) is 14.7. The molecule has 0 saturated carbocycles. The number of hydrogen-bond donors (Lipinski definition) is 8. The molecule has 8 N–H and O–H groups in total. The zero-order valence-electron chi connectivity index (χ0n) is 28.8. The summed E-state index contributed by atoms with van der Waals surface area (Å²) in [7, 11) is 0. The highest BCUT2D eigenvalue weighted by atomic mass is 16.6. The van der Waals surface area contributed by atoms with Crippen molar-refractivity contribution >= 4 is 23.9 Å². The molecule has 0 aromatic heterocycles. The molecule has 0 unspecified atom stereocenters. The van der Waals surface area contributed by atoms with Crippen LogP contribution in [0.2, 0.25) is 0 Å². The molecule has 1 aromatic rings. The van der Waals surface area contributed by atoms with Gasteiger partial charge in [0.2, 0.25) is 5.91 Å². The number of aliphatic hydroxyl groups excluding tert-OH is 3. The number of aliphatic hydroxyl groups is 3. The van der Waals surface area contributed by atoms with Gasteiger partial charge in [-0.1, -0.05) is 0 Å². The number of nitrogens with zero attached hydrogens (tertiary/aromatic N) is 1. The fraction of sp³-hybridized carbons (Fsp3) is 0.697. The van der Waals surface area contributed by atoms with Crippen LogP contribution >= 0.6 is 0 Å². The van der Waals surface area contributed by atoms with Crippen molar-refractivity contribution in [3.8, 4) is 5.75 Å². The number of rotatable bonds is 9. The highest BCUT2D eigenvalue weighted by Gasteiger charge is 2.56.